The van der Waals surface area contributed by atoms with Gasteiger partial charge in [0, 0.05) is 6.20 Å². The van der Waals surface area contributed by atoms with Crippen LogP contribution in [0.3, 0.4) is 0 Å². The van der Waals surface area contributed by atoms with Gasteiger partial charge in [-0.1, -0.05) is 23.2 Å². The number of rotatable bonds is 1. The van der Waals surface area contributed by atoms with Gasteiger partial charge in [0.05, 0.1) is 6.04 Å². The van der Waals surface area contributed by atoms with E-state index in [0.717, 1.165) is 5.92 Å². The highest BCUT2D eigenvalue weighted by atomic mass is 35.5. The summed E-state index contributed by atoms with van der Waals surface area (Å²) in [6, 6.07) is 0.360. The molecule has 0 amide bonds. The van der Waals surface area contributed by atoms with E-state index in [-0.39, 0.29) is 5.50 Å². The van der Waals surface area contributed by atoms with Crippen LogP contribution >= 0.6 is 23.2 Å². The third-order valence-electron chi connectivity index (χ3n) is 2.12. The molecule has 2 atom stereocenters. The maximum atomic E-state index is 6.01. The van der Waals surface area contributed by atoms with Crippen molar-refractivity contribution < 1.29 is 0 Å². The quantitative estimate of drug-likeness (QED) is 0.487. The van der Waals surface area contributed by atoms with Crippen molar-refractivity contribution in [3.63, 3.8) is 0 Å². The molecule has 0 aromatic carbocycles. The van der Waals surface area contributed by atoms with Gasteiger partial charge in [0.1, 0.15) is 10.7 Å². The molecule has 0 bridgehead atoms. The van der Waals surface area contributed by atoms with Crippen LogP contribution in [-0.4, -0.2) is 11.5 Å². The maximum Gasteiger partial charge on any atom is 0.123 e. The molecule has 62 valence electrons. The van der Waals surface area contributed by atoms with Crippen LogP contribution in [0.2, 0.25) is 0 Å². The first-order valence-corrected chi connectivity index (χ1v) is 4.61. The molecule has 0 aromatic rings. The summed E-state index contributed by atoms with van der Waals surface area (Å²) in [6.07, 6.45) is 4.35. The van der Waals surface area contributed by atoms with E-state index in [9.17, 15) is 0 Å². The van der Waals surface area contributed by atoms with Gasteiger partial charge in [-0.3, -0.25) is 0 Å². The highest BCUT2D eigenvalue weighted by molar-refractivity contribution is 6.30. The number of alkyl halides is 1. The number of hydrogen-bond acceptors (Lipinski definition) is 2. The van der Waals surface area contributed by atoms with E-state index in [1.54, 1.807) is 6.20 Å². The van der Waals surface area contributed by atoms with Crippen LogP contribution in [0, 0.1) is 5.92 Å². The van der Waals surface area contributed by atoms with Gasteiger partial charge in [-0.15, -0.1) is 0 Å². The Hall–Kier alpha value is -0.0800. The molecule has 2 N–H and O–H groups in total. The molecule has 1 saturated carbocycles. The Kier molecular flexibility index (Phi) is 1.90. The molecule has 0 spiro atoms. The summed E-state index contributed by atoms with van der Waals surface area (Å²) in [5, 5.41) is 6.77. The lowest BCUT2D eigenvalue weighted by Crippen LogP contribution is -2.47. The van der Waals surface area contributed by atoms with E-state index in [1.165, 1.54) is 12.8 Å². The van der Waals surface area contributed by atoms with Crippen molar-refractivity contribution in [3.05, 3.63) is 11.4 Å². The van der Waals surface area contributed by atoms with E-state index in [0.29, 0.717) is 11.2 Å². The Morgan fingerprint density at radius 1 is 1.45 bits per heavy atom. The fourth-order valence-electron chi connectivity index (χ4n) is 1.35. The van der Waals surface area contributed by atoms with Gasteiger partial charge in [0.25, 0.3) is 0 Å². The summed E-state index contributed by atoms with van der Waals surface area (Å²) >= 11 is 11.7. The molecule has 4 heteroatoms. The summed E-state index contributed by atoms with van der Waals surface area (Å²) < 4.78 is 0. The van der Waals surface area contributed by atoms with Gasteiger partial charge in [0.2, 0.25) is 0 Å². The lowest BCUT2D eigenvalue weighted by atomic mass is 10.1. The summed E-state index contributed by atoms with van der Waals surface area (Å²) in [6.45, 7) is 0. The number of hydrogen-bond donors (Lipinski definition) is 2. The summed E-state index contributed by atoms with van der Waals surface area (Å²) in [5.74, 6) is 0.742. The first-order valence-electron chi connectivity index (χ1n) is 3.80. The lowest BCUT2D eigenvalue weighted by molar-refractivity contribution is 0.449. The maximum absolute atomic E-state index is 6.01. The van der Waals surface area contributed by atoms with E-state index in [1.807, 2.05) is 0 Å². The van der Waals surface area contributed by atoms with Gasteiger partial charge in [-0.05, 0) is 18.8 Å². The molecular formula is C7H10Cl2N2. The monoisotopic (exact) mass is 192 g/mol. The molecule has 2 unspecified atom stereocenters. The van der Waals surface area contributed by atoms with Crippen molar-refractivity contribution >= 4 is 23.2 Å². The molecule has 0 saturated heterocycles. The van der Waals surface area contributed by atoms with Gasteiger partial charge in [-0.2, -0.15) is 0 Å². The van der Waals surface area contributed by atoms with Crippen LogP contribution in [0.4, 0.5) is 0 Å². The van der Waals surface area contributed by atoms with Crippen molar-refractivity contribution in [1.29, 1.82) is 0 Å². The van der Waals surface area contributed by atoms with Gasteiger partial charge in [0.15, 0.2) is 0 Å². The summed E-state index contributed by atoms with van der Waals surface area (Å²) in [5.41, 5.74) is -0.0556. The normalized spacial score (nSPS) is 37.1. The lowest BCUT2D eigenvalue weighted by Gasteiger charge is -2.28. The molecular weight excluding hydrogens is 183 g/mol. The third-order valence-corrected chi connectivity index (χ3v) is 2.72. The van der Waals surface area contributed by atoms with Crippen LogP contribution in [0.1, 0.15) is 12.8 Å². The Bertz CT molecular complexity index is 189. The molecule has 1 aliphatic heterocycles. The van der Waals surface area contributed by atoms with Crippen molar-refractivity contribution in [2.24, 2.45) is 5.92 Å². The molecule has 2 aliphatic rings. The highest BCUT2D eigenvalue weighted by Crippen LogP contribution is 2.36. The predicted molar refractivity (Wildman–Crippen MR) is 46.4 cm³/mol. The van der Waals surface area contributed by atoms with Crippen molar-refractivity contribution in [2.75, 3.05) is 0 Å². The average molecular weight is 193 g/mol. The first-order chi connectivity index (χ1) is 5.27. The number of halogens is 2. The first kappa shape index (κ1) is 7.56. The highest BCUT2D eigenvalue weighted by Gasteiger charge is 2.36. The topological polar surface area (TPSA) is 24.1 Å². The van der Waals surface area contributed by atoms with Crippen molar-refractivity contribution in [3.8, 4) is 0 Å². The summed E-state index contributed by atoms with van der Waals surface area (Å²) in [7, 11) is 0. The van der Waals surface area contributed by atoms with Crippen LogP contribution in [0.15, 0.2) is 11.4 Å². The van der Waals surface area contributed by atoms with Crippen molar-refractivity contribution in [2.45, 2.75) is 24.4 Å². The van der Waals surface area contributed by atoms with E-state index in [4.69, 9.17) is 23.2 Å². The smallest absolute Gasteiger partial charge is 0.123 e. The van der Waals surface area contributed by atoms with Crippen LogP contribution in [-0.2, 0) is 0 Å². The number of nitrogens with one attached hydrogen (secondary N) is 2. The van der Waals surface area contributed by atoms with Gasteiger partial charge in [-0.25, -0.2) is 0 Å². The van der Waals surface area contributed by atoms with E-state index < -0.39 is 0 Å². The van der Waals surface area contributed by atoms with E-state index in [2.05, 4.69) is 10.6 Å². The van der Waals surface area contributed by atoms with Crippen LogP contribution in [0.25, 0.3) is 0 Å². The van der Waals surface area contributed by atoms with E-state index >= 15 is 0 Å². The second-order valence-corrected chi connectivity index (χ2v) is 3.95. The Morgan fingerprint density at radius 3 is 2.73 bits per heavy atom. The molecule has 1 fully saturated rings. The second kappa shape index (κ2) is 2.76. The minimum atomic E-state index is -0.0556. The zero-order valence-electron chi connectivity index (χ0n) is 5.98. The minimum Gasteiger partial charge on any atom is -0.382 e. The fourth-order valence-corrected chi connectivity index (χ4v) is 1.98. The van der Waals surface area contributed by atoms with Crippen molar-refractivity contribution in [1.82, 2.24) is 10.6 Å². The Labute approximate surface area is 75.9 Å². The Morgan fingerprint density at radius 2 is 2.18 bits per heavy atom. The molecule has 1 heterocycles. The molecule has 0 radical (unpaired) electrons. The van der Waals surface area contributed by atoms with Gasteiger partial charge >= 0.3 is 0 Å². The van der Waals surface area contributed by atoms with Crippen LogP contribution < -0.4 is 10.6 Å². The SMILES string of the molecule is ClC1=CNC(C2CC2)C(Cl)N1. The third kappa shape index (κ3) is 1.57. The zero-order chi connectivity index (χ0) is 7.84. The second-order valence-electron chi connectivity index (χ2n) is 3.07. The fraction of sp³-hybridized carbons (Fsp3) is 0.714. The predicted octanol–water partition coefficient (Wildman–Crippen LogP) is 1.56. The van der Waals surface area contributed by atoms with Crippen LogP contribution in [0.5, 0.6) is 0 Å². The molecule has 2 rings (SSSR count). The largest absolute Gasteiger partial charge is 0.382 e. The Balaban J connectivity index is 2.01. The standard InChI is InChI=1S/C7H10Cl2N2/c8-5-3-10-6(4-1-2-4)7(9)11-5/h3-4,6-7,10-11H,1-2H2. The minimum absolute atomic E-state index is 0.0556. The molecule has 2 nitrogen and oxygen atoms in total. The average Bonchev–Trinajstić information content (AvgIpc) is 2.70. The zero-order valence-corrected chi connectivity index (χ0v) is 7.49. The molecule has 0 aromatic heterocycles. The van der Waals surface area contributed by atoms with Gasteiger partial charge < -0.3 is 10.6 Å². The molecule has 11 heavy (non-hydrogen) atoms. The molecule has 1 aliphatic carbocycles. The summed E-state index contributed by atoms with van der Waals surface area (Å²) in [4.78, 5) is 0.